The van der Waals surface area contributed by atoms with Gasteiger partial charge in [-0.05, 0) is 38.1 Å². The van der Waals surface area contributed by atoms with Crippen LogP contribution in [-0.4, -0.2) is 36.7 Å². The molecule has 1 aromatic rings. The molecule has 0 spiro atoms. The molecule has 1 aliphatic heterocycles. The summed E-state index contributed by atoms with van der Waals surface area (Å²) in [6.45, 7) is 2.44. The lowest BCUT2D eigenvalue weighted by Gasteiger charge is -2.11. The number of hydrogen-bond donors (Lipinski definition) is 1. The van der Waals surface area contributed by atoms with Crippen LogP contribution in [0.4, 0.5) is 0 Å². The predicted octanol–water partition coefficient (Wildman–Crippen LogP) is 1.25. The van der Waals surface area contributed by atoms with Gasteiger partial charge in [0.1, 0.15) is 5.76 Å². The number of rotatable bonds is 4. The lowest BCUT2D eigenvalue weighted by molar-refractivity contribution is -0.121. The summed E-state index contributed by atoms with van der Waals surface area (Å²) >= 11 is 0. The van der Waals surface area contributed by atoms with Crippen LogP contribution < -0.4 is 5.43 Å². The van der Waals surface area contributed by atoms with Crippen molar-refractivity contribution in [1.82, 2.24) is 10.3 Å². The van der Waals surface area contributed by atoms with Crippen LogP contribution in [0.5, 0.6) is 0 Å². The lowest BCUT2D eigenvalue weighted by Crippen LogP contribution is -2.33. The first-order chi connectivity index (χ1) is 7.84. The first-order valence-electron chi connectivity index (χ1n) is 5.42. The fourth-order valence-electron chi connectivity index (χ4n) is 1.71. The molecule has 1 amide bonds. The van der Waals surface area contributed by atoms with Gasteiger partial charge in [0.25, 0.3) is 5.91 Å². The molecule has 0 unspecified atom stereocenters. The zero-order chi connectivity index (χ0) is 11.2. The fraction of sp³-hybridized carbons (Fsp3) is 0.455. The average molecular weight is 258 g/mol. The van der Waals surface area contributed by atoms with Crippen molar-refractivity contribution >= 4 is 24.5 Å². The van der Waals surface area contributed by atoms with Crippen LogP contribution in [0, 0.1) is 0 Å². The van der Waals surface area contributed by atoms with E-state index in [-0.39, 0.29) is 18.3 Å². The summed E-state index contributed by atoms with van der Waals surface area (Å²) in [7, 11) is 0. The first-order valence-corrected chi connectivity index (χ1v) is 5.42. The minimum Gasteiger partial charge on any atom is -0.463 e. The Kier molecular flexibility index (Phi) is 5.72. The molecule has 0 radical (unpaired) electrons. The van der Waals surface area contributed by atoms with Crippen molar-refractivity contribution in [3.8, 4) is 0 Å². The van der Waals surface area contributed by atoms with E-state index in [9.17, 15) is 4.79 Å². The van der Waals surface area contributed by atoms with Crippen LogP contribution in [0.15, 0.2) is 27.9 Å². The Labute approximate surface area is 106 Å². The molecule has 2 rings (SSSR count). The van der Waals surface area contributed by atoms with Crippen LogP contribution in [-0.2, 0) is 4.79 Å². The van der Waals surface area contributed by atoms with Crippen LogP contribution in [0.25, 0.3) is 0 Å². The average Bonchev–Trinajstić information content (AvgIpc) is 2.90. The van der Waals surface area contributed by atoms with Crippen LogP contribution >= 0.6 is 12.4 Å². The summed E-state index contributed by atoms with van der Waals surface area (Å²) in [5.41, 5.74) is 2.48. The van der Waals surface area contributed by atoms with Crippen molar-refractivity contribution in [3.63, 3.8) is 0 Å². The summed E-state index contributed by atoms with van der Waals surface area (Å²) in [6, 6.07) is 3.55. The second-order valence-corrected chi connectivity index (χ2v) is 3.79. The smallest absolute Gasteiger partial charge is 0.254 e. The van der Waals surface area contributed by atoms with E-state index in [2.05, 4.69) is 15.4 Å². The predicted molar refractivity (Wildman–Crippen MR) is 67.4 cm³/mol. The summed E-state index contributed by atoms with van der Waals surface area (Å²) in [4.78, 5) is 13.6. The molecule has 0 aromatic carbocycles. The number of amides is 1. The van der Waals surface area contributed by atoms with E-state index in [1.165, 1.54) is 19.1 Å². The van der Waals surface area contributed by atoms with Crippen LogP contribution in [0.3, 0.4) is 0 Å². The van der Waals surface area contributed by atoms with Crippen molar-refractivity contribution < 1.29 is 9.21 Å². The Bertz CT molecular complexity index is 359. The minimum absolute atomic E-state index is 0. The van der Waals surface area contributed by atoms with Gasteiger partial charge >= 0.3 is 0 Å². The first kappa shape index (κ1) is 13.7. The normalized spacial score (nSPS) is 16.0. The van der Waals surface area contributed by atoms with E-state index >= 15 is 0 Å². The van der Waals surface area contributed by atoms with E-state index in [1.807, 2.05) is 0 Å². The third kappa shape index (κ3) is 4.58. The molecule has 0 bridgehead atoms. The molecule has 17 heavy (non-hydrogen) atoms. The number of carbonyl (C=O) groups is 1. The quantitative estimate of drug-likeness (QED) is 0.652. The highest BCUT2D eigenvalue weighted by atomic mass is 35.5. The molecular weight excluding hydrogens is 242 g/mol. The standard InChI is InChI=1S/C11H15N3O2.ClH/c15-11(9-14-5-1-2-6-14)13-12-8-10-4-3-7-16-10;/h3-4,7-8H,1-2,5-6,9H2,(H,13,15);1H/b12-8+;. The van der Waals surface area contributed by atoms with Crippen molar-refractivity contribution in [2.45, 2.75) is 12.8 Å². The SMILES string of the molecule is Cl.O=C(CN1CCCC1)N/N=C/c1ccco1. The number of nitrogens with zero attached hydrogens (tertiary/aromatic N) is 2. The maximum Gasteiger partial charge on any atom is 0.254 e. The Morgan fingerprint density at radius 1 is 1.53 bits per heavy atom. The molecule has 1 fully saturated rings. The van der Waals surface area contributed by atoms with Gasteiger partial charge in [-0.1, -0.05) is 0 Å². The summed E-state index contributed by atoms with van der Waals surface area (Å²) in [6.07, 6.45) is 5.42. The Morgan fingerprint density at radius 3 is 2.94 bits per heavy atom. The molecule has 1 N–H and O–H groups in total. The topological polar surface area (TPSA) is 57.8 Å². The number of likely N-dealkylation sites (tertiary alicyclic amines) is 1. The molecule has 0 atom stereocenters. The zero-order valence-corrected chi connectivity index (χ0v) is 10.3. The number of hydrazone groups is 1. The maximum absolute atomic E-state index is 11.4. The number of furan rings is 1. The molecule has 1 aliphatic rings. The summed E-state index contributed by atoms with van der Waals surface area (Å²) < 4.78 is 5.04. The van der Waals surface area contributed by atoms with E-state index in [4.69, 9.17) is 4.42 Å². The highest BCUT2D eigenvalue weighted by molar-refractivity contribution is 5.85. The summed E-state index contributed by atoms with van der Waals surface area (Å²) in [5, 5.41) is 3.81. The van der Waals surface area contributed by atoms with Gasteiger partial charge in [-0.3, -0.25) is 9.69 Å². The van der Waals surface area contributed by atoms with E-state index in [1.54, 1.807) is 18.4 Å². The molecule has 6 heteroatoms. The van der Waals surface area contributed by atoms with Gasteiger partial charge in [-0.25, -0.2) is 5.43 Å². The van der Waals surface area contributed by atoms with Crippen molar-refractivity contribution in [2.75, 3.05) is 19.6 Å². The molecule has 1 aromatic heterocycles. The zero-order valence-electron chi connectivity index (χ0n) is 9.46. The maximum atomic E-state index is 11.4. The second kappa shape index (κ2) is 7.09. The third-order valence-corrected chi connectivity index (χ3v) is 2.49. The Balaban J connectivity index is 0.00000144. The van der Waals surface area contributed by atoms with Gasteiger partial charge < -0.3 is 4.42 Å². The summed E-state index contributed by atoms with van der Waals surface area (Å²) in [5.74, 6) is 0.547. The van der Waals surface area contributed by atoms with Crippen molar-refractivity contribution in [2.24, 2.45) is 5.10 Å². The van der Waals surface area contributed by atoms with Gasteiger partial charge in [0, 0.05) is 0 Å². The highest BCUT2D eigenvalue weighted by Gasteiger charge is 2.14. The molecular formula is C11H16ClN3O2. The molecule has 94 valence electrons. The largest absolute Gasteiger partial charge is 0.463 e. The van der Waals surface area contributed by atoms with E-state index in [0.29, 0.717) is 12.3 Å². The van der Waals surface area contributed by atoms with Gasteiger partial charge in [0.15, 0.2) is 0 Å². The number of nitrogens with one attached hydrogen (secondary N) is 1. The highest BCUT2D eigenvalue weighted by Crippen LogP contribution is 2.05. The number of hydrogen-bond acceptors (Lipinski definition) is 4. The molecule has 1 saturated heterocycles. The van der Waals surface area contributed by atoms with E-state index < -0.39 is 0 Å². The van der Waals surface area contributed by atoms with Crippen molar-refractivity contribution in [1.29, 1.82) is 0 Å². The van der Waals surface area contributed by atoms with Crippen molar-refractivity contribution in [3.05, 3.63) is 24.2 Å². The monoisotopic (exact) mass is 257 g/mol. The van der Waals surface area contributed by atoms with Gasteiger partial charge in [-0.15, -0.1) is 12.4 Å². The lowest BCUT2D eigenvalue weighted by atomic mass is 10.4. The van der Waals surface area contributed by atoms with E-state index in [0.717, 1.165) is 13.1 Å². The second-order valence-electron chi connectivity index (χ2n) is 3.79. The molecule has 2 heterocycles. The number of carbonyl (C=O) groups excluding carboxylic acids is 1. The minimum atomic E-state index is -0.0790. The molecule has 0 saturated carbocycles. The van der Waals surface area contributed by atoms with Crippen LogP contribution in [0.2, 0.25) is 0 Å². The van der Waals surface area contributed by atoms with Crippen LogP contribution in [0.1, 0.15) is 18.6 Å². The fourth-order valence-corrected chi connectivity index (χ4v) is 1.71. The molecule has 0 aliphatic carbocycles. The van der Waals surface area contributed by atoms with Gasteiger partial charge in [0.05, 0.1) is 19.0 Å². The van der Waals surface area contributed by atoms with Gasteiger partial charge in [0.2, 0.25) is 0 Å². The molecule has 5 nitrogen and oxygen atoms in total. The van der Waals surface area contributed by atoms with Gasteiger partial charge in [-0.2, -0.15) is 5.10 Å². The Morgan fingerprint density at radius 2 is 2.29 bits per heavy atom. The third-order valence-electron chi connectivity index (χ3n) is 2.49. The Hall–Kier alpha value is -1.33. The number of halogens is 1.